The van der Waals surface area contributed by atoms with E-state index < -0.39 is 12.1 Å². The molecule has 1 unspecified atom stereocenters. The van der Waals surface area contributed by atoms with E-state index in [1.807, 2.05) is 4.90 Å². The molecule has 0 radical (unpaired) electrons. The van der Waals surface area contributed by atoms with Gasteiger partial charge in [0.05, 0.1) is 4.88 Å². The highest BCUT2D eigenvalue weighted by molar-refractivity contribution is 7.05. The van der Waals surface area contributed by atoms with Gasteiger partial charge in [-0.25, -0.2) is 4.79 Å². The van der Waals surface area contributed by atoms with Crippen molar-refractivity contribution in [3.8, 4) is 0 Å². The van der Waals surface area contributed by atoms with Crippen molar-refractivity contribution in [2.24, 2.45) is 0 Å². The molecule has 2 fully saturated rings. The third kappa shape index (κ3) is 5.65. The Hall–Kier alpha value is -1.75. The van der Waals surface area contributed by atoms with Gasteiger partial charge in [0.25, 0.3) is 5.91 Å². The quantitative estimate of drug-likeness (QED) is 0.765. The van der Waals surface area contributed by atoms with Gasteiger partial charge in [-0.05, 0) is 63.1 Å². The average Bonchev–Trinajstić information content (AvgIpc) is 3.18. The molecule has 1 aromatic rings. The summed E-state index contributed by atoms with van der Waals surface area (Å²) in [5.74, 6) is -2.37. The van der Waals surface area contributed by atoms with Gasteiger partial charge in [-0.15, -0.1) is 5.10 Å². The Morgan fingerprint density at radius 3 is 2.21 bits per heavy atom. The number of carbonyl (C=O) groups excluding carboxylic acids is 1. The van der Waals surface area contributed by atoms with E-state index in [1.54, 1.807) is 0 Å². The van der Waals surface area contributed by atoms with Crippen LogP contribution >= 0.6 is 11.5 Å². The molecule has 2 saturated heterocycles. The number of hydrogen-bond acceptors (Lipinski definition) is 6. The van der Waals surface area contributed by atoms with Gasteiger partial charge < -0.3 is 14.9 Å². The van der Waals surface area contributed by atoms with E-state index in [-0.39, 0.29) is 5.91 Å². The van der Waals surface area contributed by atoms with Crippen molar-refractivity contribution in [2.45, 2.75) is 63.6 Å². The van der Waals surface area contributed by atoms with Crippen LogP contribution in [0.5, 0.6) is 0 Å². The zero-order valence-corrected chi connectivity index (χ0v) is 17.6. The Bertz CT molecular complexity index is 725. The Morgan fingerprint density at radius 2 is 1.72 bits per heavy atom. The number of amides is 1. The molecule has 1 atom stereocenters. The van der Waals surface area contributed by atoms with Crippen molar-refractivity contribution in [1.29, 1.82) is 0 Å². The number of aromatic nitrogens is 2. The summed E-state index contributed by atoms with van der Waals surface area (Å²) in [7, 11) is 2.24. The van der Waals surface area contributed by atoms with Crippen molar-refractivity contribution in [1.82, 2.24) is 19.4 Å². The third-order valence-electron chi connectivity index (χ3n) is 5.63. The fourth-order valence-electron chi connectivity index (χ4n) is 3.96. The van der Waals surface area contributed by atoms with Crippen LogP contribution in [0, 0.1) is 0 Å². The number of carboxylic acids is 1. The summed E-state index contributed by atoms with van der Waals surface area (Å²) in [6, 6.07) is 0. The van der Waals surface area contributed by atoms with Crippen LogP contribution in [0.2, 0.25) is 0 Å². The number of halogens is 3. The lowest BCUT2D eigenvalue weighted by Crippen LogP contribution is -2.42. The van der Waals surface area contributed by atoms with E-state index in [1.165, 1.54) is 37.3 Å². The minimum Gasteiger partial charge on any atom is -0.475 e. The number of carboxylic acid groups (broad SMARTS) is 1. The smallest absolute Gasteiger partial charge is 0.475 e. The average molecular weight is 437 g/mol. The van der Waals surface area contributed by atoms with Gasteiger partial charge in [-0.3, -0.25) is 4.79 Å². The molecule has 1 spiro atoms. The Morgan fingerprint density at radius 1 is 1.14 bits per heavy atom. The lowest BCUT2D eigenvalue weighted by atomic mass is 9.88. The van der Waals surface area contributed by atoms with Gasteiger partial charge in [0.1, 0.15) is 0 Å². The Kier molecular flexibility index (Phi) is 7.61. The molecule has 1 N–H and O–H groups in total. The maximum Gasteiger partial charge on any atom is 0.490 e. The molecule has 0 saturated carbocycles. The first kappa shape index (κ1) is 23.5. The molecule has 7 nitrogen and oxygen atoms in total. The van der Waals surface area contributed by atoms with E-state index in [4.69, 9.17) is 9.90 Å². The maximum atomic E-state index is 12.8. The molecule has 0 aromatic carbocycles. The first-order valence-electron chi connectivity index (χ1n) is 9.61. The molecule has 0 bridgehead atoms. The normalized spacial score (nSPS) is 23.1. The SMILES string of the molecule is CC(C)c1snnc1C(=O)N1CCCC2(CCCN2C)CC1.O=C(O)C(F)(F)F. The number of hydrogen-bond donors (Lipinski definition) is 1. The molecular formula is C18H27F3N4O3S. The zero-order valence-electron chi connectivity index (χ0n) is 16.8. The Balaban J connectivity index is 0.000000370. The summed E-state index contributed by atoms with van der Waals surface area (Å²) in [6.07, 6.45) is 0.868. The topological polar surface area (TPSA) is 86.6 Å². The third-order valence-corrected chi connectivity index (χ3v) is 6.66. The fraction of sp³-hybridized carbons (Fsp3) is 0.778. The molecule has 0 aliphatic carbocycles. The van der Waals surface area contributed by atoms with Gasteiger partial charge in [0, 0.05) is 18.6 Å². The summed E-state index contributed by atoms with van der Waals surface area (Å²) in [4.78, 5) is 27.3. The molecule has 1 amide bonds. The van der Waals surface area contributed by atoms with Crippen LogP contribution < -0.4 is 0 Å². The standard InChI is InChI=1S/C16H26N4OS.C2HF3O2/c1-12(2)14-13(17-18-22-14)15(21)20-10-5-7-16(8-11-20)6-4-9-19(16)3;3-2(4,5)1(6)7/h12H,4-11H2,1-3H3;(H,6,7). The largest absolute Gasteiger partial charge is 0.490 e. The van der Waals surface area contributed by atoms with Crippen molar-refractivity contribution >= 4 is 23.4 Å². The molecule has 2 aliphatic heterocycles. The van der Waals surface area contributed by atoms with Crippen LogP contribution in [0.3, 0.4) is 0 Å². The van der Waals surface area contributed by atoms with Crippen LogP contribution in [-0.4, -0.2) is 74.8 Å². The minimum atomic E-state index is -5.08. The first-order valence-corrected chi connectivity index (χ1v) is 10.4. The van der Waals surface area contributed by atoms with E-state index in [0.29, 0.717) is 17.2 Å². The molecule has 29 heavy (non-hydrogen) atoms. The summed E-state index contributed by atoms with van der Waals surface area (Å²) >= 11 is 1.36. The maximum absolute atomic E-state index is 12.8. The highest BCUT2D eigenvalue weighted by atomic mass is 32.1. The van der Waals surface area contributed by atoms with Crippen LogP contribution in [0.25, 0.3) is 0 Å². The van der Waals surface area contributed by atoms with E-state index >= 15 is 0 Å². The van der Waals surface area contributed by atoms with Crippen LogP contribution in [0.4, 0.5) is 13.2 Å². The number of aliphatic carboxylic acids is 1. The van der Waals surface area contributed by atoms with E-state index in [0.717, 1.165) is 30.8 Å². The van der Waals surface area contributed by atoms with Crippen molar-refractivity contribution in [3.05, 3.63) is 10.6 Å². The number of rotatable bonds is 2. The molecule has 164 valence electrons. The second-order valence-corrected chi connectivity index (χ2v) is 8.62. The van der Waals surface area contributed by atoms with Gasteiger partial charge in [-0.2, -0.15) is 13.2 Å². The lowest BCUT2D eigenvalue weighted by molar-refractivity contribution is -0.192. The highest BCUT2D eigenvalue weighted by Gasteiger charge is 2.40. The second-order valence-electron chi connectivity index (χ2n) is 7.84. The van der Waals surface area contributed by atoms with Gasteiger partial charge >= 0.3 is 12.1 Å². The summed E-state index contributed by atoms with van der Waals surface area (Å²) < 4.78 is 35.7. The summed E-state index contributed by atoms with van der Waals surface area (Å²) in [6.45, 7) is 7.08. The molecule has 3 rings (SSSR count). The van der Waals surface area contributed by atoms with Gasteiger partial charge in [-0.1, -0.05) is 18.3 Å². The van der Waals surface area contributed by atoms with Crippen LogP contribution in [0.15, 0.2) is 0 Å². The monoisotopic (exact) mass is 436 g/mol. The van der Waals surface area contributed by atoms with E-state index in [2.05, 4.69) is 35.4 Å². The van der Waals surface area contributed by atoms with E-state index in [9.17, 15) is 18.0 Å². The highest BCUT2D eigenvalue weighted by Crippen LogP contribution is 2.37. The van der Waals surface area contributed by atoms with Gasteiger partial charge in [0.15, 0.2) is 5.69 Å². The molecule has 2 aliphatic rings. The number of alkyl halides is 3. The van der Waals surface area contributed by atoms with Crippen molar-refractivity contribution < 1.29 is 27.9 Å². The predicted octanol–water partition coefficient (Wildman–Crippen LogP) is 3.39. The van der Waals surface area contributed by atoms with Crippen LogP contribution in [-0.2, 0) is 4.79 Å². The van der Waals surface area contributed by atoms with Crippen LogP contribution in [0.1, 0.15) is 67.2 Å². The minimum absolute atomic E-state index is 0.0788. The zero-order chi connectivity index (χ0) is 21.8. The number of nitrogens with zero attached hydrogens (tertiary/aromatic N) is 4. The summed E-state index contributed by atoms with van der Waals surface area (Å²) in [5, 5.41) is 11.2. The lowest BCUT2D eigenvalue weighted by Gasteiger charge is -2.35. The van der Waals surface area contributed by atoms with Gasteiger partial charge in [0.2, 0.25) is 0 Å². The second kappa shape index (κ2) is 9.38. The molecule has 3 heterocycles. The Labute approximate surface area is 172 Å². The molecule has 11 heteroatoms. The number of likely N-dealkylation sites (tertiary alicyclic amines) is 2. The molecule has 1 aromatic heterocycles. The number of carbonyl (C=O) groups is 2. The predicted molar refractivity (Wildman–Crippen MR) is 102 cm³/mol. The fourth-order valence-corrected chi connectivity index (χ4v) is 4.60. The molecular weight excluding hydrogens is 409 g/mol. The van der Waals surface area contributed by atoms with Crippen molar-refractivity contribution in [3.63, 3.8) is 0 Å². The first-order chi connectivity index (χ1) is 13.5. The van der Waals surface area contributed by atoms with Crippen molar-refractivity contribution in [2.75, 3.05) is 26.7 Å². The summed E-state index contributed by atoms with van der Waals surface area (Å²) in [5.41, 5.74) is 0.909.